The minimum atomic E-state index is 0.683. The summed E-state index contributed by atoms with van der Waals surface area (Å²) in [5.74, 6) is 0.854. The standard InChI is InChI=1S/C17H28N2/c1-3-10-18-17-11-15(4-2)12-19(14-17)13-16-8-6-5-7-9-16/h5-9,15,17-18H,3-4,10-14H2,1-2H3. The summed E-state index contributed by atoms with van der Waals surface area (Å²) in [5, 5.41) is 3.71. The van der Waals surface area contributed by atoms with E-state index in [9.17, 15) is 0 Å². The van der Waals surface area contributed by atoms with Gasteiger partial charge in [-0.1, -0.05) is 50.6 Å². The van der Waals surface area contributed by atoms with E-state index in [1.807, 2.05) is 0 Å². The molecule has 2 unspecified atom stereocenters. The highest BCUT2D eigenvalue weighted by Gasteiger charge is 2.25. The van der Waals surface area contributed by atoms with Crippen molar-refractivity contribution in [3.05, 3.63) is 35.9 Å². The number of nitrogens with one attached hydrogen (secondary N) is 1. The third-order valence-corrected chi connectivity index (χ3v) is 4.12. The van der Waals surface area contributed by atoms with Crippen LogP contribution in [0.2, 0.25) is 0 Å². The molecular weight excluding hydrogens is 232 g/mol. The van der Waals surface area contributed by atoms with Gasteiger partial charge in [-0.05, 0) is 30.9 Å². The monoisotopic (exact) mass is 260 g/mol. The van der Waals surface area contributed by atoms with Gasteiger partial charge in [-0.15, -0.1) is 0 Å². The first-order chi connectivity index (χ1) is 9.31. The average Bonchev–Trinajstić information content (AvgIpc) is 2.46. The van der Waals surface area contributed by atoms with Crippen LogP contribution in [-0.4, -0.2) is 30.6 Å². The summed E-state index contributed by atoms with van der Waals surface area (Å²) in [6, 6.07) is 11.5. The fourth-order valence-electron chi connectivity index (χ4n) is 3.07. The van der Waals surface area contributed by atoms with Gasteiger partial charge in [-0.3, -0.25) is 4.90 Å². The summed E-state index contributed by atoms with van der Waals surface area (Å²) in [4.78, 5) is 2.63. The van der Waals surface area contributed by atoms with Crippen molar-refractivity contribution in [2.45, 2.75) is 45.7 Å². The molecule has 0 radical (unpaired) electrons. The smallest absolute Gasteiger partial charge is 0.0234 e. The summed E-state index contributed by atoms with van der Waals surface area (Å²) in [6.07, 6.45) is 3.88. The summed E-state index contributed by atoms with van der Waals surface area (Å²) in [6.45, 7) is 9.28. The third kappa shape index (κ3) is 4.63. The van der Waals surface area contributed by atoms with Crippen LogP contribution < -0.4 is 5.32 Å². The minimum Gasteiger partial charge on any atom is -0.313 e. The molecule has 0 aliphatic carbocycles. The Morgan fingerprint density at radius 2 is 1.95 bits per heavy atom. The van der Waals surface area contributed by atoms with Crippen molar-refractivity contribution in [2.75, 3.05) is 19.6 Å². The van der Waals surface area contributed by atoms with Gasteiger partial charge in [0, 0.05) is 25.7 Å². The van der Waals surface area contributed by atoms with Crippen molar-refractivity contribution in [2.24, 2.45) is 5.92 Å². The zero-order valence-corrected chi connectivity index (χ0v) is 12.4. The second-order valence-corrected chi connectivity index (χ2v) is 5.84. The van der Waals surface area contributed by atoms with Crippen LogP contribution in [-0.2, 0) is 6.54 Å². The molecule has 1 aromatic rings. The van der Waals surface area contributed by atoms with Gasteiger partial charge in [-0.25, -0.2) is 0 Å². The molecule has 2 rings (SSSR count). The molecule has 1 N–H and O–H groups in total. The predicted octanol–water partition coefficient (Wildman–Crippen LogP) is 3.29. The van der Waals surface area contributed by atoms with Gasteiger partial charge < -0.3 is 5.32 Å². The Morgan fingerprint density at radius 1 is 1.16 bits per heavy atom. The van der Waals surface area contributed by atoms with Crippen LogP contribution in [0.25, 0.3) is 0 Å². The van der Waals surface area contributed by atoms with Crippen molar-refractivity contribution in [3.8, 4) is 0 Å². The average molecular weight is 260 g/mol. The first-order valence-electron chi connectivity index (χ1n) is 7.81. The number of hydrogen-bond donors (Lipinski definition) is 1. The van der Waals surface area contributed by atoms with E-state index in [0.717, 1.165) is 19.0 Å². The molecule has 1 heterocycles. The van der Waals surface area contributed by atoms with Crippen molar-refractivity contribution >= 4 is 0 Å². The predicted molar refractivity (Wildman–Crippen MR) is 82.2 cm³/mol. The molecule has 19 heavy (non-hydrogen) atoms. The van der Waals surface area contributed by atoms with Gasteiger partial charge in [0.2, 0.25) is 0 Å². The summed E-state index contributed by atoms with van der Waals surface area (Å²) in [7, 11) is 0. The first kappa shape index (κ1) is 14.5. The summed E-state index contributed by atoms with van der Waals surface area (Å²) in [5.41, 5.74) is 1.44. The second kappa shape index (κ2) is 7.66. The van der Waals surface area contributed by atoms with Gasteiger partial charge in [0.05, 0.1) is 0 Å². The fraction of sp³-hybridized carbons (Fsp3) is 0.647. The Bertz CT molecular complexity index is 350. The maximum Gasteiger partial charge on any atom is 0.0234 e. The lowest BCUT2D eigenvalue weighted by Crippen LogP contribution is -2.48. The van der Waals surface area contributed by atoms with Crippen molar-refractivity contribution in [3.63, 3.8) is 0 Å². The van der Waals surface area contributed by atoms with E-state index in [4.69, 9.17) is 0 Å². The zero-order chi connectivity index (χ0) is 13.5. The largest absolute Gasteiger partial charge is 0.313 e. The van der Waals surface area contributed by atoms with E-state index in [1.165, 1.54) is 37.9 Å². The molecular formula is C17H28N2. The molecule has 0 aromatic heterocycles. The Hall–Kier alpha value is -0.860. The van der Waals surface area contributed by atoms with Crippen LogP contribution >= 0.6 is 0 Å². The molecule has 1 aliphatic rings. The molecule has 1 aromatic carbocycles. The molecule has 0 amide bonds. The number of nitrogens with zero attached hydrogens (tertiary/aromatic N) is 1. The summed E-state index contributed by atoms with van der Waals surface area (Å²) < 4.78 is 0. The molecule has 1 aliphatic heterocycles. The fourth-order valence-corrected chi connectivity index (χ4v) is 3.07. The van der Waals surface area contributed by atoms with Crippen molar-refractivity contribution in [1.82, 2.24) is 10.2 Å². The number of benzene rings is 1. The van der Waals surface area contributed by atoms with E-state index in [2.05, 4.69) is 54.4 Å². The normalized spacial score (nSPS) is 24.5. The highest BCUT2D eigenvalue weighted by Crippen LogP contribution is 2.21. The van der Waals surface area contributed by atoms with Crippen LogP contribution in [0.15, 0.2) is 30.3 Å². The molecule has 2 nitrogen and oxygen atoms in total. The van der Waals surface area contributed by atoms with Crippen LogP contribution in [0.1, 0.15) is 38.7 Å². The van der Waals surface area contributed by atoms with E-state index in [1.54, 1.807) is 0 Å². The van der Waals surface area contributed by atoms with E-state index < -0.39 is 0 Å². The van der Waals surface area contributed by atoms with Crippen molar-refractivity contribution in [1.29, 1.82) is 0 Å². The highest BCUT2D eigenvalue weighted by molar-refractivity contribution is 5.14. The topological polar surface area (TPSA) is 15.3 Å². The molecule has 0 saturated carbocycles. The van der Waals surface area contributed by atoms with Crippen LogP contribution in [0.4, 0.5) is 0 Å². The lowest BCUT2D eigenvalue weighted by molar-refractivity contribution is 0.132. The number of likely N-dealkylation sites (tertiary alicyclic amines) is 1. The number of hydrogen-bond acceptors (Lipinski definition) is 2. The van der Waals surface area contributed by atoms with Gasteiger partial charge in [0.1, 0.15) is 0 Å². The van der Waals surface area contributed by atoms with E-state index in [0.29, 0.717) is 6.04 Å². The van der Waals surface area contributed by atoms with Crippen molar-refractivity contribution < 1.29 is 0 Å². The Kier molecular flexibility index (Phi) is 5.87. The van der Waals surface area contributed by atoms with Crippen LogP contribution in [0, 0.1) is 5.92 Å². The lowest BCUT2D eigenvalue weighted by atomic mass is 9.91. The quantitative estimate of drug-likeness (QED) is 0.844. The van der Waals surface area contributed by atoms with Crippen LogP contribution in [0.5, 0.6) is 0 Å². The van der Waals surface area contributed by atoms with E-state index >= 15 is 0 Å². The second-order valence-electron chi connectivity index (χ2n) is 5.84. The first-order valence-corrected chi connectivity index (χ1v) is 7.81. The Balaban J connectivity index is 1.91. The van der Waals surface area contributed by atoms with Gasteiger partial charge >= 0.3 is 0 Å². The molecule has 106 valence electrons. The Labute approximate surface area is 118 Å². The minimum absolute atomic E-state index is 0.683. The van der Waals surface area contributed by atoms with Gasteiger partial charge in [0.15, 0.2) is 0 Å². The lowest BCUT2D eigenvalue weighted by Gasteiger charge is -2.38. The SMILES string of the molecule is CCCNC1CC(CC)CN(Cc2ccccc2)C1. The number of rotatable bonds is 6. The maximum atomic E-state index is 3.71. The van der Waals surface area contributed by atoms with Gasteiger partial charge in [0.25, 0.3) is 0 Å². The van der Waals surface area contributed by atoms with E-state index in [-0.39, 0.29) is 0 Å². The summed E-state index contributed by atoms with van der Waals surface area (Å²) >= 11 is 0. The highest BCUT2D eigenvalue weighted by atomic mass is 15.2. The van der Waals surface area contributed by atoms with Crippen LogP contribution in [0.3, 0.4) is 0 Å². The Morgan fingerprint density at radius 3 is 2.63 bits per heavy atom. The van der Waals surface area contributed by atoms with Gasteiger partial charge in [-0.2, -0.15) is 0 Å². The molecule has 0 bridgehead atoms. The maximum absolute atomic E-state index is 3.71. The molecule has 1 fully saturated rings. The third-order valence-electron chi connectivity index (χ3n) is 4.12. The molecule has 2 atom stereocenters. The zero-order valence-electron chi connectivity index (χ0n) is 12.4. The number of piperidine rings is 1. The molecule has 1 saturated heterocycles. The molecule has 2 heteroatoms. The molecule has 0 spiro atoms.